The van der Waals surface area contributed by atoms with Gasteiger partial charge in [-0.3, -0.25) is 9.78 Å². The molecule has 5 rings (SSSR count). The van der Waals surface area contributed by atoms with Crippen LogP contribution in [0.2, 0.25) is 5.02 Å². The maximum Gasteiger partial charge on any atom is 0.226 e. The van der Waals surface area contributed by atoms with Crippen molar-refractivity contribution in [3.05, 3.63) is 106 Å². The number of aryl methyl sites for hydroxylation is 1. The molecule has 3 heterocycles. The molecule has 1 aliphatic heterocycles. The molecule has 2 N–H and O–H groups in total. The predicted octanol–water partition coefficient (Wildman–Crippen LogP) is 7.05. The lowest BCUT2D eigenvalue weighted by molar-refractivity contribution is -0.118. The van der Waals surface area contributed by atoms with E-state index in [0.717, 1.165) is 28.3 Å². The van der Waals surface area contributed by atoms with E-state index in [9.17, 15) is 9.18 Å². The highest BCUT2D eigenvalue weighted by Crippen LogP contribution is 2.44. The first kappa shape index (κ1) is 26.8. The largest absolute Gasteiger partial charge is 0.351 e. The summed E-state index contributed by atoms with van der Waals surface area (Å²) in [6.45, 7) is 7.60. The minimum Gasteiger partial charge on any atom is -0.351 e. The van der Waals surface area contributed by atoms with Crippen LogP contribution in [0.1, 0.15) is 48.6 Å². The number of halogens is 2. The van der Waals surface area contributed by atoms with Crippen LogP contribution in [0, 0.1) is 25.6 Å². The van der Waals surface area contributed by atoms with Crippen LogP contribution in [0.3, 0.4) is 0 Å². The molecule has 6 nitrogen and oxygen atoms in total. The lowest BCUT2D eigenvalue weighted by atomic mass is 9.96. The normalized spacial score (nSPS) is 17.0. The Morgan fingerprint density at radius 3 is 2.51 bits per heavy atom. The zero-order chi connectivity index (χ0) is 27.8. The highest BCUT2D eigenvalue weighted by Gasteiger charge is 2.42. The highest BCUT2D eigenvalue weighted by molar-refractivity contribution is 7.80. The van der Waals surface area contributed by atoms with E-state index in [2.05, 4.69) is 21.7 Å². The smallest absolute Gasteiger partial charge is 0.226 e. The molecule has 1 aliphatic rings. The van der Waals surface area contributed by atoms with Crippen molar-refractivity contribution in [1.29, 1.82) is 0 Å². The van der Waals surface area contributed by atoms with Crippen LogP contribution in [-0.2, 0) is 4.79 Å². The van der Waals surface area contributed by atoms with Crippen molar-refractivity contribution < 1.29 is 9.18 Å². The molecule has 200 valence electrons. The number of anilines is 2. The number of carbonyl (C=O) groups excluding carboxylic acids is 1. The van der Waals surface area contributed by atoms with Crippen molar-refractivity contribution in [1.82, 2.24) is 14.9 Å². The Kier molecular flexibility index (Phi) is 7.42. The molecule has 0 spiro atoms. The molecule has 39 heavy (non-hydrogen) atoms. The average Bonchev–Trinajstić information content (AvgIpc) is 3.41. The quantitative estimate of drug-likeness (QED) is 0.247. The number of aromatic nitrogens is 2. The van der Waals surface area contributed by atoms with Gasteiger partial charge in [-0.15, -0.1) is 0 Å². The average molecular weight is 562 g/mol. The third kappa shape index (κ3) is 5.02. The topological polar surface area (TPSA) is 62.2 Å². The second kappa shape index (κ2) is 10.8. The summed E-state index contributed by atoms with van der Waals surface area (Å²) >= 11 is 12.5. The number of benzene rings is 2. The molecule has 1 saturated heterocycles. The van der Waals surface area contributed by atoms with Gasteiger partial charge in [0.1, 0.15) is 5.82 Å². The Bertz CT molecular complexity index is 1550. The first-order valence-corrected chi connectivity index (χ1v) is 13.5. The molecule has 4 aromatic rings. The molecule has 0 bridgehead atoms. The van der Waals surface area contributed by atoms with Gasteiger partial charge in [0.05, 0.1) is 34.2 Å². The minimum atomic E-state index is -0.300. The van der Waals surface area contributed by atoms with E-state index in [1.807, 2.05) is 67.5 Å². The number of amides is 1. The van der Waals surface area contributed by atoms with Crippen molar-refractivity contribution in [2.24, 2.45) is 5.92 Å². The number of thiocarbonyl (C=S) groups is 1. The maximum atomic E-state index is 14.9. The van der Waals surface area contributed by atoms with Gasteiger partial charge in [0.2, 0.25) is 5.91 Å². The van der Waals surface area contributed by atoms with E-state index < -0.39 is 0 Å². The number of nitrogens with zero attached hydrogens (tertiary/aromatic N) is 3. The standard InChI is InChI=1S/C30H29ClFN5OS/c1-17(2)29(38)34-24-13-12-20(16-22(24)31)37-28(27(35-30(37)39)25-10-7-8-14-33-25)21-15-18(3)36(19(21)4)26-11-6-5-9-23(26)32/h5-17,27-28H,1-4H3,(H,34,38)(H,35,39)/t27-,28-/m1/s1. The number of para-hydroxylation sites is 1. The number of hydrogen-bond acceptors (Lipinski definition) is 3. The Labute approximate surface area is 237 Å². The zero-order valence-corrected chi connectivity index (χ0v) is 23.6. The number of nitrogens with one attached hydrogen (secondary N) is 2. The SMILES string of the molecule is Cc1cc([C@@H]2[C@@H](c3ccccn3)NC(=S)N2c2ccc(NC(=O)C(C)C)c(Cl)c2)c(C)n1-c1ccccc1F. The molecular weight excluding hydrogens is 533 g/mol. The Morgan fingerprint density at radius 1 is 1.10 bits per heavy atom. The van der Waals surface area contributed by atoms with E-state index >= 15 is 0 Å². The van der Waals surface area contributed by atoms with E-state index in [0.29, 0.717) is 21.5 Å². The van der Waals surface area contributed by atoms with Gasteiger partial charge in [-0.05, 0) is 80.2 Å². The van der Waals surface area contributed by atoms with Gasteiger partial charge in [0.15, 0.2) is 5.11 Å². The van der Waals surface area contributed by atoms with Gasteiger partial charge in [-0.1, -0.05) is 43.6 Å². The first-order valence-electron chi connectivity index (χ1n) is 12.7. The minimum absolute atomic E-state index is 0.114. The van der Waals surface area contributed by atoms with Crippen molar-refractivity contribution in [2.75, 3.05) is 10.2 Å². The fourth-order valence-corrected chi connectivity index (χ4v) is 5.64. The van der Waals surface area contributed by atoms with Gasteiger partial charge < -0.3 is 20.1 Å². The lowest BCUT2D eigenvalue weighted by Gasteiger charge is -2.28. The molecule has 2 atom stereocenters. The molecule has 1 fully saturated rings. The van der Waals surface area contributed by atoms with Gasteiger partial charge in [-0.2, -0.15) is 0 Å². The number of carbonyl (C=O) groups is 1. The summed E-state index contributed by atoms with van der Waals surface area (Å²) in [6.07, 6.45) is 1.76. The molecule has 9 heteroatoms. The Balaban J connectivity index is 1.63. The van der Waals surface area contributed by atoms with Crippen molar-refractivity contribution in [3.63, 3.8) is 0 Å². The number of hydrogen-bond donors (Lipinski definition) is 2. The fraction of sp³-hybridized carbons (Fsp3) is 0.233. The molecule has 0 radical (unpaired) electrons. The van der Waals surface area contributed by atoms with E-state index in [-0.39, 0.29) is 29.7 Å². The third-order valence-electron chi connectivity index (χ3n) is 6.99. The fourth-order valence-electron chi connectivity index (χ4n) is 5.07. The van der Waals surface area contributed by atoms with Crippen molar-refractivity contribution in [2.45, 2.75) is 39.8 Å². The van der Waals surface area contributed by atoms with Crippen molar-refractivity contribution >= 4 is 46.2 Å². The highest BCUT2D eigenvalue weighted by atomic mass is 35.5. The maximum absolute atomic E-state index is 14.9. The lowest BCUT2D eigenvalue weighted by Crippen LogP contribution is -2.29. The molecule has 0 unspecified atom stereocenters. The summed E-state index contributed by atoms with van der Waals surface area (Å²) in [4.78, 5) is 18.9. The molecular formula is C30H29ClFN5OS. The number of rotatable bonds is 6. The zero-order valence-electron chi connectivity index (χ0n) is 22.1. The van der Waals surface area contributed by atoms with Crippen LogP contribution < -0.4 is 15.5 Å². The first-order chi connectivity index (χ1) is 18.7. The second-order valence-corrected chi connectivity index (χ2v) is 10.7. The molecule has 0 saturated carbocycles. The van der Waals surface area contributed by atoms with Crippen LogP contribution in [0.5, 0.6) is 0 Å². The summed E-state index contributed by atoms with van der Waals surface area (Å²) in [5, 5.41) is 7.25. The van der Waals surface area contributed by atoms with E-state index in [1.165, 1.54) is 6.07 Å². The summed E-state index contributed by atoms with van der Waals surface area (Å²) in [7, 11) is 0. The molecule has 0 aliphatic carbocycles. The van der Waals surface area contributed by atoms with Crippen LogP contribution in [0.4, 0.5) is 15.8 Å². The third-order valence-corrected chi connectivity index (χ3v) is 7.62. The summed E-state index contributed by atoms with van der Waals surface area (Å²) in [5.74, 6) is -0.587. The second-order valence-electron chi connectivity index (χ2n) is 9.92. The Hall–Kier alpha value is -3.75. The van der Waals surface area contributed by atoms with Crippen LogP contribution in [0.25, 0.3) is 5.69 Å². The van der Waals surface area contributed by atoms with Crippen molar-refractivity contribution in [3.8, 4) is 5.69 Å². The van der Waals surface area contributed by atoms with Gasteiger partial charge in [-0.25, -0.2) is 4.39 Å². The molecule has 2 aromatic heterocycles. The summed E-state index contributed by atoms with van der Waals surface area (Å²) in [6, 6.07) is 19.5. The number of pyridine rings is 1. The molecule has 1 amide bonds. The molecule has 2 aromatic carbocycles. The van der Waals surface area contributed by atoms with Crippen LogP contribution in [0.15, 0.2) is 72.9 Å². The monoisotopic (exact) mass is 561 g/mol. The van der Waals surface area contributed by atoms with Crippen LogP contribution >= 0.6 is 23.8 Å². The Morgan fingerprint density at radius 2 is 1.85 bits per heavy atom. The van der Waals surface area contributed by atoms with E-state index in [1.54, 1.807) is 30.5 Å². The van der Waals surface area contributed by atoms with Crippen LogP contribution in [-0.4, -0.2) is 20.6 Å². The summed E-state index contributed by atoms with van der Waals surface area (Å²) < 4.78 is 16.8. The van der Waals surface area contributed by atoms with E-state index in [4.69, 9.17) is 23.8 Å². The predicted molar refractivity (Wildman–Crippen MR) is 158 cm³/mol. The van der Waals surface area contributed by atoms with Gasteiger partial charge >= 0.3 is 0 Å². The van der Waals surface area contributed by atoms with Gasteiger partial charge in [0, 0.05) is 29.2 Å². The summed E-state index contributed by atoms with van der Waals surface area (Å²) in [5.41, 5.74) is 5.39. The van der Waals surface area contributed by atoms with Gasteiger partial charge in [0.25, 0.3) is 0 Å².